The smallest absolute Gasteiger partial charge is 0.408 e. The van der Waals surface area contributed by atoms with Crippen LogP contribution < -0.4 is 21.3 Å². The lowest BCUT2D eigenvalue weighted by molar-refractivity contribution is -0.124. The van der Waals surface area contributed by atoms with Crippen molar-refractivity contribution < 1.29 is 28.7 Å². The van der Waals surface area contributed by atoms with E-state index in [0.29, 0.717) is 6.42 Å². The lowest BCUT2D eigenvalue weighted by atomic mass is 10.1. The Balaban J connectivity index is 1.83. The van der Waals surface area contributed by atoms with Crippen molar-refractivity contribution in [1.29, 1.82) is 0 Å². The summed E-state index contributed by atoms with van der Waals surface area (Å²) in [5.74, 6) is -0.701. The molecule has 10 nitrogen and oxygen atoms in total. The number of hydrogen-bond donors (Lipinski definition) is 4. The summed E-state index contributed by atoms with van der Waals surface area (Å²) >= 11 is 0. The maximum atomic E-state index is 12.6. The molecule has 2 atom stereocenters. The molecule has 4 amide bonds. The Morgan fingerprint density at radius 2 is 1.42 bits per heavy atom. The van der Waals surface area contributed by atoms with E-state index in [0.717, 1.165) is 11.1 Å². The molecule has 0 fully saturated rings. The van der Waals surface area contributed by atoms with E-state index in [4.69, 9.17) is 9.47 Å². The van der Waals surface area contributed by atoms with Gasteiger partial charge in [-0.25, -0.2) is 9.59 Å². The first kappa shape index (κ1) is 30.1. The summed E-state index contributed by atoms with van der Waals surface area (Å²) in [5.41, 5.74) is 1.19. The van der Waals surface area contributed by atoms with E-state index in [9.17, 15) is 19.2 Å². The van der Waals surface area contributed by atoms with Crippen LogP contribution in [0, 0.1) is 0 Å². The van der Waals surface area contributed by atoms with Gasteiger partial charge in [0.1, 0.15) is 18.2 Å². The summed E-state index contributed by atoms with van der Waals surface area (Å²) in [5, 5.41) is 10.7. The SMILES string of the molecule is CC(NC(=O)OCc1ccccc1)C(=O)NCC(Cc1ccccc1)NC(=O)CCNC(=O)OC(C)(C)C. The molecule has 0 saturated carbocycles. The van der Waals surface area contributed by atoms with Crippen LogP contribution in [-0.2, 0) is 32.1 Å². The summed E-state index contributed by atoms with van der Waals surface area (Å²) in [6.07, 6.45) is -0.776. The topological polar surface area (TPSA) is 135 Å². The minimum absolute atomic E-state index is 0.0453. The standard InChI is InChI=1S/C28H38N4O6/c1-20(31-27(36)37-19-22-13-9-6-10-14-22)25(34)30-18-23(17-21-11-7-5-8-12-21)32-24(33)15-16-29-26(35)38-28(2,3)4/h5-14,20,23H,15-19H2,1-4H3,(H,29,35)(H,30,34)(H,31,36)(H,32,33). The predicted molar refractivity (Wildman–Crippen MR) is 143 cm³/mol. The Hall–Kier alpha value is -4.08. The van der Waals surface area contributed by atoms with Crippen molar-refractivity contribution in [2.75, 3.05) is 13.1 Å². The van der Waals surface area contributed by atoms with Gasteiger partial charge in [-0.1, -0.05) is 60.7 Å². The minimum atomic E-state index is -0.843. The third-order valence-corrected chi connectivity index (χ3v) is 5.17. The summed E-state index contributed by atoms with van der Waals surface area (Å²) in [4.78, 5) is 49.0. The number of carbonyl (C=O) groups excluding carboxylic acids is 4. The zero-order valence-corrected chi connectivity index (χ0v) is 22.4. The van der Waals surface area contributed by atoms with Crippen LogP contribution in [0.25, 0.3) is 0 Å². The zero-order chi connectivity index (χ0) is 28.0. The molecule has 0 aromatic heterocycles. The highest BCUT2D eigenvalue weighted by Crippen LogP contribution is 2.07. The molecule has 10 heteroatoms. The average molecular weight is 527 g/mol. The molecular formula is C28H38N4O6. The van der Waals surface area contributed by atoms with Gasteiger partial charge >= 0.3 is 12.2 Å². The van der Waals surface area contributed by atoms with E-state index in [1.165, 1.54) is 0 Å². The van der Waals surface area contributed by atoms with Crippen LogP contribution >= 0.6 is 0 Å². The van der Waals surface area contributed by atoms with E-state index in [1.807, 2.05) is 60.7 Å². The molecule has 0 spiro atoms. The fourth-order valence-electron chi connectivity index (χ4n) is 3.35. The van der Waals surface area contributed by atoms with Crippen LogP contribution in [-0.4, -0.2) is 54.8 Å². The Kier molecular flexibility index (Phi) is 12.1. The molecule has 4 N–H and O–H groups in total. The number of carbonyl (C=O) groups is 4. The van der Waals surface area contributed by atoms with Gasteiger partial charge in [0.05, 0.1) is 6.04 Å². The molecule has 0 aliphatic heterocycles. The fraction of sp³-hybridized carbons (Fsp3) is 0.429. The van der Waals surface area contributed by atoms with Gasteiger partial charge in [0.15, 0.2) is 0 Å². The molecule has 2 aromatic carbocycles. The lowest BCUT2D eigenvalue weighted by Crippen LogP contribution is -2.50. The van der Waals surface area contributed by atoms with Crippen LogP contribution in [0.4, 0.5) is 9.59 Å². The number of amides is 4. The molecular weight excluding hydrogens is 488 g/mol. The first-order valence-corrected chi connectivity index (χ1v) is 12.6. The maximum absolute atomic E-state index is 12.6. The Labute approximate surface area is 223 Å². The van der Waals surface area contributed by atoms with E-state index in [1.54, 1.807) is 27.7 Å². The Morgan fingerprint density at radius 1 is 0.816 bits per heavy atom. The fourth-order valence-corrected chi connectivity index (χ4v) is 3.35. The summed E-state index contributed by atoms with van der Waals surface area (Å²) < 4.78 is 10.3. The normalized spacial score (nSPS) is 12.4. The number of rotatable bonds is 12. The first-order chi connectivity index (χ1) is 18.0. The second-order valence-corrected chi connectivity index (χ2v) is 9.81. The van der Waals surface area contributed by atoms with Crippen LogP contribution in [0.1, 0.15) is 45.2 Å². The molecule has 0 aliphatic rings. The van der Waals surface area contributed by atoms with Crippen molar-refractivity contribution in [2.24, 2.45) is 0 Å². The van der Waals surface area contributed by atoms with Crippen molar-refractivity contribution in [2.45, 2.75) is 64.8 Å². The number of benzene rings is 2. The highest BCUT2D eigenvalue weighted by atomic mass is 16.6. The molecule has 0 saturated heterocycles. The lowest BCUT2D eigenvalue weighted by Gasteiger charge is -2.22. The summed E-state index contributed by atoms with van der Waals surface area (Å²) in [6, 6.07) is 17.5. The number of ether oxygens (including phenoxy) is 2. The van der Waals surface area contributed by atoms with Gasteiger partial charge in [0, 0.05) is 19.5 Å². The van der Waals surface area contributed by atoms with Crippen molar-refractivity contribution in [3.8, 4) is 0 Å². The summed E-state index contributed by atoms with van der Waals surface area (Å²) in [6.45, 7) is 7.16. The zero-order valence-electron chi connectivity index (χ0n) is 22.4. The largest absolute Gasteiger partial charge is 0.445 e. The molecule has 0 radical (unpaired) electrons. The first-order valence-electron chi connectivity index (χ1n) is 12.6. The Bertz CT molecular complexity index is 1040. The van der Waals surface area contributed by atoms with Gasteiger partial charge in [0.2, 0.25) is 11.8 Å². The minimum Gasteiger partial charge on any atom is -0.445 e. The predicted octanol–water partition coefficient (Wildman–Crippen LogP) is 3.06. The molecule has 206 valence electrons. The molecule has 2 rings (SSSR count). The van der Waals surface area contributed by atoms with Gasteiger partial charge < -0.3 is 30.7 Å². The maximum Gasteiger partial charge on any atom is 0.408 e. The van der Waals surface area contributed by atoms with E-state index in [2.05, 4.69) is 21.3 Å². The molecule has 0 bridgehead atoms. The van der Waals surface area contributed by atoms with Crippen molar-refractivity contribution in [3.05, 3.63) is 71.8 Å². The van der Waals surface area contributed by atoms with Crippen LogP contribution in [0.15, 0.2) is 60.7 Å². The molecule has 2 unspecified atom stereocenters. The van der Waals surface area contributed by atoms with Gasteiger partial charge in [0.25, 0.3) is 0 Å². The van der Waals surface area contributed by atoms with E-state index >= 15 is 0 Å². The van der Waals surface area contributed by atoms with Crippen molar-refractivity contribution >= 4 is 24.0 Å². The number of alkyl carbamates (subject to hydrolysis) is 2. The second kappa shape index (κ2) is 15.2. The molecule has 38 heavy (non-hydrogen) atoms. The monoisotopic (exact) mass is 526 g/mol. The van der Waals surface area contributed by atoms with Gasteiger partial charge in [-0.05, 0) is 45.2 Å². The summed E-state index contributed by atoms with van der Waals surface area (Å²) in [7, 11) is 0. The van der Waals surface area contributed by atoms with Gasteiger partial charge in [-0.15, -0.1) is 0 Å². The second-order valence-electron chi connectivity index (χ2n) is 9.81. The quantitative estimate of drug-likeness (QED) is 0.336. The van der Waals surface area contributed by atoms with Crippen molar-refractivity contribution in [1.82, 2.24) is 21.3 Å². The third-order valence-electron chi connectivity index (χ3n) is 5.17. The molecule has 2 aromatic rings. The third kappa shape index (κ3) is 12.8. The Morgan fingerprint density at radius 3 is 2.03 bits per heavy atom. The van der Waals surface area contributed by atoms with E-state index in [-0.39, 0.29) is 32.0 Å². The number of hydrogen-bond acceptors (Lipinski definition) is 6. The molecule has 0 heterocycles. The van der Waals surface area contributed by atoms with Gasteiger partial charge in [-0.3, -0.25) is 9.59 Å². The van der Waals surface area contributed by atoms with Crippen LogP contribution in [0.5, 0.6) is 0 Å². The highest BCUT2D eigenvalue weighted by molar-refractivity contribution is 5.85. The van der Waals surface area contributed by atoms with E-state index < -0.39 is 35.8 Å². The van der Waals surface area contributed by atoms with Crippen molar-refractivity contribution in [3.63, 3.8) is 0 Å². The molecule has 0 aliphatic carbocycles. The average Bonchev–Trinajstić information content (AvgIpc) is 2.86. The van der Waals surface area contributed by atoms with Crippen LogP contribution in [0.2, 0.25) is 0 Å². The van der Waals surface area contributed by atoms with Crippen LogP contribution in [0.3, 0.4) is 0 Å². The highest BCUT2D eigenvalue weighted by Gasteiger charge is 2.20. The van der Waals surface area contributed by atoms with Gasteiger partial charge in [-0.2, -0.15) is 0 Å². The number of nitrogens with one attached hydrogen (secondary N) is 4.